The third-order valence-corrected chi connectivity index (χ3v) is 6.12. The lowest BCUT2D eigenvalue weighted by Crippen LogP contribution is -2.53. The largest absolute Gasteiger partial charge is 0.393 e. The van der Waals surface area contributed by atoms with Crippen molar-refractivity contribution in [1.29, 1.82) is 0 Å². The highest BCUT2D eigenvalue weighted by molar-refractivity contribution is 5.45. The van der Waals surface area contributed by atoms with E-state index in [0.29, 0.717) is 11.9 Å². The van der Waals surface area contributed by atoms with E-state index in [1.54, 1.807) is 0 Å². The van der Waals surface area contributed by atoms with Gasteiger partial charge in [0.15, 0.2) is 0 Å². The van der Waals surface area contributed by atoms with Crippen LogP contribution in [0.2, 0.25) is 0 Å². The number of likely N-dealkylation sites (tertiary alicyclic amines) is 1. The van der Waals surface area contributed by atoms with Gasteiger partial charge in [-0.1, -0.05) is 0 Å². The highest BCUT2D eigenvalue weighted by Gasteiger charge is 2.31. The molecule has 3 aliphatic rings. The van der Waals surface area contributed by atoms with Crippen molar-refractivity contribution in [2.24, 2.45) is 0 Å². The molecular formula is C18H30N6O. The average Bonchev–Trinajstić information content (AvgIpc) is 2.59. The van der Waals surface area contributed by atoms with Crippen LogP contribution in [-0.4, -0.2) is 83.3 Å². The highest BCUT2D eigenvalue weighted by atomic mass is 16.3. The Kier molecular flexibility index (Phi) is 4.80. The molecule has 3 heterocycles. The number of aliphatic hydroxyl groups excluding tert-OH is 1. The number of nitrogen functional groups attached to an aromatic ring is 1. The molecule has 0 unspecified atom stereocenters. The molecule has 1 saturated carbocycles. The van der Waals surface area contributed by atoms with Gasteiger partial charge in [-0.15, -0.1) is 0 Å². The number of aromatic nitrogens is 2. The van der Waals surface area contributed by atoms with E-state index >= 15 is 0 Å². The van der Waals surface area contributed by atoms with Gasteiger partial charge in [0.1, 0.15) is 5.82 Å². The normalized spacial score (nSPS) is 29.6. The van der Waals surface area contributed by atoms with Gasteiger partial charge in [0.25, 0.3) is 0 Å². The molecule has 7 heteroatoms. The molecule has 0 spiro atoms. The van der Waals surface area contributed by atoms with E-state index in [1.807, 2.05) is 0 Å². The van der Waals surface area contributed by atoms with Gasteiger partial charge in [0.05, 0.1) is 11.8 Å². The van der Waals surface area contributed by atoms with Crippen LogP contribution in [0.15, 0.2) is 6.07 Å². The van der Waals surface area contributed by atoms with Crippen molar-refractivity contribution in [3.8, 4) is 0 Å². The first-order valence-electron chi connectivity index (χ1n) is 9.58. The lowest BCUT2D eigenvalue weighted by Gasteiger charge is -2.42. The minimum Gasteiger partial charge on any atom is -0.393 e. The Morgan fingerprint density at radius 1 is 1.04 bits per heavy atom. The summed E-state index contributed by atoms with van der Waals surface area (Å²) >= 11 is 0. The number of piperazine rings is 1. The number of piperidine rings is 1. The predicted molar refractivity (Wildman–Crippen MR) is 98.7 cm³/mol. The van der Waals surface area contributed by atoms with E-state index in [4.69, 9.17) is 5.73 Å². The minimum atomic E-state index is -0.178. The number of hydrogen-bond acceptors (Lipinski definition) is 7. The van der Waals surface area contributed by atoms with Crippen LogP contribution in [0.3, 0.4) is 0 Å². The molecule has 3 N–H and O–H groups in total. The second-order valence-corrected chi connectivity index (χ2v) is 7.89. The maximum absolute atomic E-state index is 9.54. The Hall–Kier alpha value is -1.44. The SMILES string of the molecule is CN1CCC(N2CCN(c3cc(C4CC(O)C4)nc(N)n3)CC2)CC1. The molecular weight excluding hydrogens is 316 g/mol. The van der Waals surface area contributed by atoms with Gasteiger partial charge in [-0.25, -0.2) is 4.98 Å². The van der Waals surface area contributed by atoms with Gasteiger partial charge in [-0.05, 0) is 45.8 Å². The Bertz CT molecular complexity index is 589. The van der Waals surface area contributed by atoms with Crippen molar-refractivity contribution >= 4 is 11.8 Å². The van der Waals surface area contributed by atoms with Crippen molar-refractivity contribution < 1.29 is 5.11 Å². The molecule has 25 heavy (non-hydrogen) atoms. The van der Waals surface area contributed by atoms with E-state index < -0.39 is 0 Å². The van der Waals surface area contributed by atoms with Gasteiger partial charge < -0.3 is 20.6 Å². The Morgan fingerprint density at radius 2 is 1.72 bits per heavy atom. The summed E-state index contributed by atoms with van der Waals surface area (Å²) < 4.78 is 0. The quantitative estimate of drug-likeness (QED) is 0.825. The zero-order valence-corrected chi connectivity index (χ0v) is 15.1. The molecule has 1 aliphatic carbocycles. The zero-order valence-electron chi connectivity index (χ0n) is 15.1. The van der Waals surface area contributed by atoms with Crippen LogP contribution in [0.4, 0.5) is 11.8 Å². The van der Waals surface area contributed by atoms with Gasteiger partial charge >= 0.3 is 0 Å². The Morgan fingerprint density at radius 3 is 2.36 bits per heavy atom. The lowest BCUT2D eigenvalue weighted by atomic mass is 9.80. The molecule has 0 radical (unpaired) electrons. The number of aliphatic hydroxyl groups is 1. The van der Waals surface area contributed by atoms with Gasteiger partial charge in [0.2, 0.25) is 5.95 Å². The van der Waals surface area contributed by atoms with E-state index in [2.05, 4.69) is 37.8 Å². The van der Waals surface area contributed by atoms with Gasteiger partial charge in [-0.3, -0.25) is 4.90 Å². The summed E-state index contributed by atoms with van der Waals surface area (Å²) in [5.41, 5.74) is 6.94. The molecule has 1 aromatic rings. The first-order valence-corrected chi connectivity index (χ1v) is 9.58. The maximum atomic E-state index is 9.54. The van der Waals surface area contributed by atoms with Gasteiger partial charge in [0, 0.05) is 44.2 Å². The summed E-state index contributed by atoms with van der Waals surface area (Å²) in [7, 11) is 2.21. The molecule has 0 atom stereocenters. The van der Waals surface area contributed by atoms with Crippen molar-refractivity contribution in [3.63, 3.8) is 0 Å². The Balaban J connectivity index is 1.37. The van der Waals surface area contributed by atoms with Crippen LogP contribution < -0.4 is 10.6 Å². The predicted octanol–water partition coefficient (Wildman–Crippen LogP) is 0.513. The van der Waals surface area contributed by atoms with Crippen LogP contribution >= 0.6 is 0 Å². The fraction of sp³-hybridized carbons (Fsp3) is 0.778. The third kappa shape index (κ3) is 3.73. The van der Waals surface area contributed by atoms with Crippen LogP contribution in [0, 0.1) is 0 Å². The van der Waals surface area contributed by atoms with Crippen LogP contribution in [-0.2, 0) is 0 Å². The van der Waals surface area contributed by atoms with Crippen LogP contribution in [0.1, 0.15) is 37.3 Å². The van der Waals surface area contributed by atoms with E-state index in [1.165, 1.54) is 25.9 Å². The second-order valence-electron chi connectivity index (χ2n) is 7.89. The molecule has 1 aromatic heterocycles. The van der Waals surface area contributed by atoms with Crippen LogP contribution in [0.5, 0.6) is 0 Å². The molecule has 7 nitrogen and oxygen atoms in total. The molecule has 4 rings (SSSR count). The molecule has 3 fully saturated rings. The van der Waals surface area contributed by atoms with Crippen molar-refractivity contribution in [1.82, 2.24) is 19.8 Å². The summed E-state index contributed by atoms with van der Waals surface area (Å²) in [6.07, 6.45) is 3.97. The van der Waals surface area contributed by atoms with E-state index in [9.17, 15) is 5.11 Å². The molecule has 138 valence electrons. The van der Waals surface area contributed by atoms with Crippen LogP contribution in [0.25, 0.3) is 0 Å². The summed E-state index contributed by atoms with van der Waals surface area (Å²) in [6, 6.07) is 2.82. The average molecular weight is 346 g/mol. The number of anilines is 2. The molecule has 0 amide bonds. The van der Waals surface area contributed by atoms with Gasteiger partial charge in [-0.2, -0.15) is 4.98 Å². The van der Waals surface area contributed by atoms with E-state index in [-0.39, 0.29) is 6.10 Å². The zero-order chi connectivity index (χ0) is 17.4. The first-order chi connectivity index (χ1) is 12.1. The number of hydrogen-bond donors (Lipinski definition) is 2. The summed E-state index contributed by atoms with van der Waals surface area (Å²) in [5.74, 6) is 1.64. The third-order valence-electron chi connectivity index (χ3n) is 6.12. The minimum absolute atomic E-state index is 0.178. The maximum Gasteiger partial charge on any atom is 0.222 e. The fourth-order valence-electron chi connectivity index (χ4n) is 4.35. The van der Waals surface area contributed by atoms with Crippen molar-refractivity contribution in [2.75, 3.05) is 56.9 Å². The lowest BCUT2D eigenvalue weighted by molar-refractivity contribution is 0.0732. The number of nitrogens with two attached hydrogens (primary N) is 1. The summed E-state index contributed by atoms with van der Waals surface area (Å²) in [4.78, 5) is 16.3. The van der Waals surface area contributed by atoms with Crippen molar-refractivity contribution in [3.05, 3.63) is 11.8 Å². The molecule has 0 aromatic carbocycles. The summed E-state index contributed by atoms with van der Waals surface area (Å²) in [5, 5.41) is 9.54. The van der Waals surface area contributed by atoms with Crippen molar-refractivity contribution in [2.45, 2.75) is 43.7 Å². The standard InChI is InChI=1S/C18H30N6O/c1-22-4-2-14(3-5-22)23-6-8-24(9-7-23)17-12-16(20-18(19)21-17)13-10-15(25)11-13/h12-15,25H,2-11H2,1H3,(H2,19,20,21). The first kappa shape index (κ1) is 17.0. The number of nitrogens with zero attached hydrogens (tertiary/aromatic N) is 5. The molecule has 2 saturated heterocycles. The smallest absolute Gasteiger partial charge is 0.222 e. The fourth-order valence-corrected chi connectivity index (χ4v) is 4.35. The molecule has 0 bridgehead atoms. The number of rotatable bonds is 3. The topological polar surface area (TPSA) is 81.8 Å². The second kappa shape index (κ2) is 7.05. The highest BCUT2D eigenvalue weighted by Crippen LogP contribution is 2.37. The monoisotopic (exact) mass is 346 g/mol. The summed E-state index contributed by atoms with van der Waals surface area (Å²) in [6.45, 7) is 6.60. The Labute approximate surface area is 149 Å². The van der Waals surface area contributed by atoms with E-state index in [0.717, 1.165) is 56.6 Å². The molecule has 2 aliphatic heterocycles.